The summed E-state index contributed by atoms with van der Waals surface area (Å²) in [4.78, 5) is 0. The Hall–Kier alpha value is -0.880. The Morgan fingerprint density at radius 3 is 2.81 bits per heavy atom. The van der Waals surface area contributed by atoms with Crippen molar-refractivity contribution in [2.45, 2.75) is 12.8 Å². The molecule has 1 atom stereocenters. The molecule has 1 unspecified atom stereocenters. The normalized spacial score (nSPS) is 23.4. The van der Waals surface area contributed by atoms with E-state index in [0.717, 1.165) is 0 Å². The zero-order valence-corrected chi connectivity index (χ0v) is 10.1. The molecule has 5 nitrogen and oxygen atoms in total. The van der Waals surface area contributed by atoms with Gasteiger partial charge < -0.3 is 5.73 Å². The van der Waals surface area contributed by atoms with Gasteiger partial charge in [0.1, 0.15) is 0 Å². The zero-order valence-electron chi connectivity index (χ0n) is 8.56. The molecule has 1 fully saturated rings. The lowest BCUT2D eigenvalue weighted by atomic mass is 10.0. The number of rotatable bonds is 2. The number of nitrogen functional groups attached to an aromatic ring is 1. The highest BCUT2D eigenvalue weighted by Gasteiger charge is 2.28. The van der Waals surface area contributed by atoms with E-state index in [1.54, 1.807) is 6.07 Å². The summed E-state index contributed by atoms with van der Waals surface area (Å²) in [7, 11) is -2.84. The van der Waals surface area contributed by atoms with Crippen molar-refractivity contribution in [2.75, 3.05) is 17.2 Å². The first-order valence-corrected chi connectivity index (χ1v) is 7.14. The number of aromatic nitrogens is 2. The molecule has 2 heterocycles. The van der Waals surface area contributed by atoms with Gasteiger partial charge in [-0.2, -0.15) is 5.10 Å². The Morgan fingerprint density at radius 1 is 1.50 bits per heavy atom. The van der Waals surface area contributed by atoms with E-state index in [9.17, 15) is 8.42 Å². The molecule has 16 heavy (non-hydrogen) atoms. The summed E-state index contributed by atoms with van der Waals surface area (Å²) < 4.78 is 22.5. The average molecular weight is 262 g/mol. The molecular weight excluding hydrogens is 250 g/mol. The van der Waals surface area contributed by atoms with Gasteiger partial charge in [-0.25, -0.2) is 8.42 Å². The van der Waals surface area contributed by atoms with E-state index < -0.39 is 9.84 Å². The van der Waals surface area contributed by atoms with Crippen LogP contribution in [-0.4, -0.2) is 30.1 Å². The summed E-state index contributed by atoms with van der Waals surface area (Å²) in [5, 5.41) is 7.97. The molecule has 0 radical (unpaired) electrons. The average Bonchev–Trinajstić information content (AvgIpc) is 2.52. The summed E-state index contributed by atoms with van der Waals surface area (Å²) in [6.07, 6.45) is 1.28. The number of nitrogens with two attached hydrogens (primary N) is 1. The van der Waals surface area contributed by atoms with E-state index in [-0.39, 0.29) is 23.2 Å². The summed E-state index contributed by atoms with van der Waals surface area (Å²) in [6, 6.07) is 1.65. The van der Waals surface area contributed by atoms with Gasteiger partial charge in [0.2, 0.25) is 0 Å². The second kappa shape index (κ2) is 4.18. The van der Waals surface area contributed by atoms with Crippen molar-refractivity contribution in [3.8, 4) is 0 Å². The number of anilines is 1. The minimum atomic E-state index is -2.84. The fourth-order valence-corrected chi connectivity index (χ4v) is 3.87. The van der Waals surface area contributed by atoms with E-state index in [4.69, 9.17) is 17.3 Å². The topological polar surface area (TPSA) is 85.9 Å². The fourth-order valence-electron chi connectivity index (χ4n) is 1.84. The molecule has 1 aliphatic rings. The maximum atomic E-state index is 11.3. The second-order valence-corrected chi connectivity index (χ2v) is 6.68. The van der Waals surface area contributed by atoms with Gasteiger partial charge in [0.05, 0.1) is 22.2 Å². The largest absolute Gasteiger partial charge is 0.381 e. The molecular formula is C9H12ClN3O2S. The van der Waals surface area contributed by atoms with Crippen LogP contribution < -0.4 is 5.73 Å². The molecule has 1 aromatic heterocycles. The van der Waals surface area contributed by atoms with Crippen molar-refractivity contribution in [1.29, 1.82) is 0 Å². The van der Waals surface area contributed by atoms with Gasteiger partial charge in [-0.3, -0.25) is 0 Å². The Labute approximate surface area is 98.9 Å². The van der Waals surface area contributed by atoms with E-state index in [0.29, 0.717) is 23.6 Å². The summed E-state index contributed by atoms with van der Waals surface area (Å²) in [5.41, 5.74) is 6.13. The highest BCUT2D eigenvalue weighted by Crippen LogP contribution is 2.23. The number of sulfone groups is 1. The predicted octanol–water partition coefficient (Wildman–Crippen LogP) is 0.689. The number of halogens is 1. The lowest BCUT2D eigenvalue weighted by molar-refractivity contribution is 0.574. The van der Waals surface area contributed by atoms with Gasteiger partial charge in [-0.1, -0.05) is 11.6 Å². The molecule has 1 saturated heterocycles. The van der Waals surface area contributed by atoms with Crippen LogP contribution >= 0.6 is 11.6 Å². The monoisotopic (exact) mass is 261 g/mol. The summed E-state index contributed by atoms with van der Waals surface area (Å²) in [5.74, 6) is 0.827. The molecule has 88 valence electrons. The minimum Gasteiger partial charge on any atom is -0.381 e. The van der Waals surface area contributed by atoms with Crippen molar-refractivity contribution in [3.05, 3.63) is 16.8 Å². The van der Waals surface area contributed by atoms with Crippen molar-refractivity contribution in [3.63, 3.8) is 0 Å². The van der Waals surface area contributed by atoms with Crippen LogP contribution in [0.2, 0.25) is 5.02 Å². The third-order valence-electron chi connectivity index (χ3n) is 2.65. The first-order valence-electron chi connectivity index (χ1n) is 4.94. The summed E-state index contributed by atoms with van der Waals surface area (Å²) >= 11 is 5.81. The van der Waals surface area contributed by atoms with E-state index in [1.165, 1.54) is 0 Å². The van der Waals surface area contributed by atoms with Crippen LogP contribution in [-0.2, 0) is 16.3 Å². The SMILES string of the molecule is Nc1nnc(CC2CCS(=O)(=O)C2)cc1Cl. The molecule has 0 saturated carbocycles. The third-order valence-corrected chi connectivity index (χ3v) is 4.79. The molecule has 0 spiro atoms. The molecule has 0 amide bonds. The highest BCUT2D eigenvalue weighted by atomic mass is 35.5. The van der Waals surface area contributed by atoms with E-state index in [2.05, 4.69) is 10.2 Å². The molecule has 2 N–H and O–H groups in total. The van der Waals surface area contributed by atoms with Gasteiger partial charge in [0.15, 0.2) is 15.7 Å². The predicted molar refractivity (Wildman–Crippen MR) is 61.9 cm³/mol. The van der Waals surface area contributed by atoms with Gasteiger partial charge in [-0.15, -0.1) is 5.10 Å². The zero-order chi connectivity index (χ0) is 11.8. The molecule has 0 aromatic carbocycles. The molecule has 1 aromatic rings. The van der Waals surface area contributed by atoms with Crippen LogP contribution in [0, 0.1) is 5.92 Å². The number of hydrogen-bond donors (Lipinski definition) is 1. The Balaban J connectivity index is 2.08. The maximum absolute atomic E-state index is 11.3. The third kappa shape index (κ3) is 2.62. The van der Waals surface area contributed by atoms with Crippen molar-refractivity contribution >= 4 is 27.3 Å². The minimum absolute atomic E-state index is 0.124. The molecule has 0 bridgehead atoms. The molecule has 0 aliphatic carbocycles. The molecule has 2 rings (SSSR count). The van der Waals surface area contributed by atoms with Crippen LogP contribution in [0.3, 0.4) is 0 Å². The highest BCUT2D eigenvalue weighted by molar-refractivity contribution is 7.91. The van der Waals surface area contributed by atoms with Crippen LogP contribution in [0.5, 0.6) is 0 Å². The van der Waals surface area contributed by atoms with Gasteiger partial charge >= 0.3 is 0 Å². The van der Waals surface area contributed by atoms with E-state index >= 15 is 0 Å². The standard InChI is InChI=1S/C9H12ClN3O2S/c10-8-4-7(12-13-9(8)11)3-6-1-2-16(14,15)5-6/h4,6H,1-3,5H2,(H2,11,13). The van der Waals surface area contributed by atoms with Crippen molar-refractivity contribution in [1.82, 2.24) is 10.2 Å². The van der Waals surface area contributed by atoms with Crippen LogP contribution in [0.15, 0.2) is 6.07 Å². The number of nitrogens with zero attached hydrogens (tertiary/aromatic N) is 2. The lowest BCUT2D eigenvalue weighted by Crippen LogP contribution is -2.09. The van der Waals surface area contributed by atoms with Crippen LogP contribution in [0.4, 0.5) is 5.82 Å². The first-order chi connectivity index (χ1) is 7.46. The quantitative estimate of drug-likeness (QED) is 0.846. The number of hydrogen-bond acceptors (Lipinski definition) is 5. The first kappa shape index (κ1) is 11.6. The van der Waals surface area contributed by atoms with Crippen LogP contribution in [0.25, 0.3) is 0 Å². The Morgan fingerprint density at radius 2 is 2.25 bits per heavy atom. The smallest absolute Gasteiger partial charge is 0.164 e. The van der Waals surface area contributed by atoms with Gasteiger partial charge in [-0.05, 0) is 24.8 Å². The van der Waals surface area contributed by atoms with Gasteiger partial charge in [0.25, 0.3) is 0 Å². The van der Waals surface area contributed by atoms with Gasteiger partial charge in [0, 0.05) is 0 Å². The second-order valence-electron chi connectivity index (χ2n) is 4.04. The van der Waals surface area contributed by atoms with E-state index in [1.807, 2.05) is 0 Å². The van der Waals surface area contributed by atoms with Crippen molar-refractivity contribution < 1.29 is 8.42 Å². The molecule has 1 aliphatic heterocycles. The molecule has 7 heteroatoms. The Bertz CT molecular complexity index is 503. The van der Waals surface area contributed by atoms with Crippen molar-refractivity contribution in [2.24, 2.45) is 5.92 Å². The maximum Gasteiger partial charge on any atom is 0.164 e. The summed E-state index contributed by atoms with van der Waals surface area (Å²) in [6.45, 7) is 0. The van der Waals surface area contributed by atoms with Crippen LogP contribution in [0.1, 0.15) is 12.1 Å². The Kier molecular flexibility index (Phi) is 3.03. The fraction of sp³-hybridized carbons (Fsp3) is 0.556. The lowest BCUT2D eigenvalue weighted by Gasteiger charge is -2.06.